The number of pyridine rings is 1. The van der Waals surface area contributed by atoms with Gasteiger partial charge in [0.25, 0.3) is 5.88 Å². The number of aromatic nitrogens is 1. The molecule has 0 amide bonds. The van der Waals surface area contributed by atoms with Crippen LogP contribution in [0.4, 0.5) is 4.39 Å². The summed E-state index contributed by atoms with van der Waals surface area (Å²) in [6.45, 7) is 7.20. The fourth-order valence-electron chi connectivity index (χ4n) is 1.53. The summed E-state index contributed by atoms with van der Waals surface area (Å²) < 4.78 is 19.4. The molecule has 1 heterocycles. The number of hydrogen-bond acceptors (Lipinski definition) is 3. The average molecular weight is 254 g/mol. The van der Waals surface area contributed by atoms with Gasteiger partial charge < -0.3 is 10.1 Å². The van der Waals surface area contributed by atoms with Crippen LogP contribution in [0.3, 0.4) is 0 Å². The lowest BCUT2D eigenvalue weighted by Crippen LogP contribution is -2.22. The Morgan fingerprint density at radius 2 is 2.17 bits per heavy atom. The Morgan fingerprint density at radius 1 is 1.39 bits per heavy atom. The molecule has 102 valence electrons. The Balaban J connectivity index is 2.55. The van der Waals surface area contributed by atoms with E-state index in [1.807, 2.05) is 13.8 Å². The monoisotopic (exact) mass is 254 g/mol. The molecule has 0 spiro atoms. The largest absolute Gasteiger partial charge is 0.476 e. The van der Waals surface area contributed by atoms with E-state index in [1.54, 1.807) is 12.3 Å². The lowest BCUT2D eigenvalue weighted by Gasteiger charge is -2.11. The van der Waals surface area contributed by atoms with Gasteiger partial charge in [0.1, 0.15) is 0 Å². The Bertz CT molecular complexity index is 356. The van der Waals surface area contributed by atoms with Gasteiger partial charge in [-0.2, -0.15) is 0 Å². The summed E-state index contributed by atoms with van der Waals surface area (Å²) in [5, 5.41) is 3.18. The number of nitrogens with one attached hydrogen (secondary N) is 1. The van der Waals surface area contributed by atoms with E-state index in [2.05, 4.69) is 17.2 Å². The molecule has 4 heteroatoms. The zero-order chi connectivity index (χ0) is 13.4. The third-order valence-electron chi connectivity index (χ3n) is 2.62. The third kappa shape index (κ3) is 5.00. The molecule has 0 fully saturated rings. The highest BCUT2D eigenvalue weighted by Crippen LogP contribution is 2.17. The van der Waals surface area contributed by atoms with Gasteiger partial charge in [-0.3, -0.25) is 0 Å². The number of unbranched alkanes of at least 4 members (excludes halogenated alkanes) is 2. The van der Waals surface area contributed by atoms with Crippen LogP contribution in [0.25, 0.3) is 0 Å². The van der Waals surface area contributed by atoms with Crippen LogP contribution >= 0.6 is 0 Å². The zero-order valence-corrected chi connectivity index (χ0v) is 11.5. The first-order valence-corrected chi connectivity index (χ1v) is 6.64. The maximum atomic E-state index is 14.0. The highest BCUT2D eigenvalue weighted by Gasteiger charge is 2.10. The molecule has 0 aliphatic rings. The molecule has 0 radical (unpaired) electrons. The first-order valence-electron chi connectivity index (χ1n) is 6.64. The van der Waals surface area contributed by atoms with E-state index in [0.29, 0.717) is 24.8 Å². The number of hydrogen-bond donors (Lipinski definition) is 1. The highest BCUT2D eigenvalue weighted by molar-refractivity contribution is 5.23. The van der Waals surface area contributed by atoms with Crippen molar-refractivity contribution in [3.8, 4) is 5.88 Å². The van der Waals surface area contributed by atoms with Crippen molar-refractivity contribution in [2.75, 3.05) is 6.61 Å². The summed E-state index contributed by atoms with van der Waals surface area (Å²) in [5.74, 6) is -0.226. The van der Waals surface area contributed by atoms with Gasteiger partial charge in [0, 0.05) is 24.3 Å². The fourth-order valence-corrected chi connectivity index (χ4v) is 1.53. The molecule has 0 atom stereocenters. The SMILES string of the molecule is CCCCCOc1nccc(CNC(C)C)c1F. The molecule has 1 aromatic heterocycles. The topological polar surface area (TPSA) is 34.1 Å². The standard InChI is InChI=1S/C14H23FN2O/c1-4-5-6-9-18-14-13(15)12(7-8-16-14)10-17-11(2)3/h7-8,11,17H,4-6,9-10H2,1-3H3. The minimum absolute atomic E-state index is 0.120. The lowest BCUT2D eigenvalue weighted by molar-refractivity contribution is 0.278. The molecule has 0 aliphatic heterocycles. The van der Waals surface area contributed by atoms with Crippen molar-refractivity contribution in [3.05, 3.63) is 23.6 Å². The van der Waals surface area contributed by atoms with E-state index in [4.69, 9.17) is 4.74 Å². The summed E-state index contributed by atoms with van der Waals surface area (Å²) in [6.07, 6.45) is 4.75. The molecule has 1 rings (SSSR count). The molecule has 18 heavy (non-hydrogen) atoms. The molecule has 0 saturated heterocycles. The Kier molecular flexibility index (Phi) is 6.65. The molecule has 3 nitrogen and oxygen atoms in total. The van der Waals surface area contributed by atoms with Gasteiger partial charge in [-0.25, -0.2) is 9.37 Å². The lowest BCUT2D eigenvalue weighted by atomic mass is 10.2. The molecule has 1 aromatic rings. The van der Waals surface area contributed by atoms with Crippen molar-refractivity contribution in [2.24, 2.45) is 0 Å². The average Bonchev–Trinajstić information content (AvgIpc) is 2.35. The molecule has 0 aromatic carbocycles. The number of ether oxygens (including phenoxy) is 1. The molecule has 0 bridgehead atoms. The molecule has 0 unspecified atom stereocenters. The first-order chi connectivity index (χ1) is 8.65. The van der Waals surface area contributed by atoms with Gasteiger partial charge in [0.15, 0.2) is 5.82 Å². The van der Waals surface area contributed by atoms with Crippen LogP contribution in [0.15, 0.2) is 12.3 Å². The minimum Gasteiger partial charge on any atom is -0.476 e. The second-order valence-corrected chi connectivity index (χ2v) is 4.68. The van der Waals surface area contributed by atoms with Crippen LogP contribution in [0.5, 0.6) is 5.88 Å². The number of halogens is 1. The van der Waals surface area contributed by atoms with E-state index in [1.165, 1.54) is 0 Å². The Labute approximate surface area is 109 Å². The second-order valence-electron chi connectivity index (χ2n) is 4.68. The summed E-state index contributed by atoms with van der Waals surface area (Å²) in [5.41, 5.74) is 0.601. The van der Waals surface area contributed by atoms with E-state index < -0.39 is 0 Å². The van der Waals surface area contributed by atoms with Gasteiger partial charge in [-0.05, 0) is 12.5 Å². The molecule has 1 N–H and O–H groups in total. The minimum atomic E-state index is -0.345. The van der Waals surface area contributed by atoms with Crippen LogP contribution in [-0.2, 0) is 6.54 Å². The molecular formula is C14H23FN2O. The first kappa shape index (κ1) is 14.9. The van der Waals surface area contributed by atoms with E-state index in [-0.39, 0.29) is 11.7 Å². The van der Waals surface area contributed by atoms with Crippen molar-refractivity contribution in [1.29, 1.82) is 0 Å². The molecule has 0 saturated carbocycles. The maximum Gasteiger partial charge on any atom is 0.250 e. The van der Waals surface area contributed by atoms with E-state index in [9.17, 15) is 4.39 Å². The summed E-state index contributed by atoms with van der Waals surface area (Å²) in [7, 11) is 0. The predicted octanol–water partition coefficient (Wildman–Crippen LogP) is 3.29. The van der Waals surface area contributed by atoms with Crippen molar-refractivity contribution in [1.82, 2.24) is 10.3 Å². The smallest absolute Gasteiger partial charge is 0.250 e. The quantitative estimate of drug-likeness (QED) is 0.723. The van der Waals surface area contributed by atoms with Gasteiger partial charge in [-0.15, -0.1) is 0 Å². The molecular weight excluding hydrogens is 231 g/mol. The van der Waals surface area contributed by atoms with Gasteiger partial charge in [-0.1, -0.05) is 33.6 Å². The predicted molar refractivity (Wildman–Crippen MR) is 71.2 cm³/mol. The van der Waals surface area contributed by atoms with Crippen molar-refractivity contribution < 1.29 is 9.13 Å². The van der Waals surface area contributed by atoms with Gasteiger partial charge >= 0.3 is 0 Å². The maximum absolute atomic E-state index is 14.0. The fraction of sp³-hybridized carbons (Fsp3) is 0.643. The second kappa shape index (κ2) is 8.03. The van der Waals surface area contributed by atoms with E-state index >= 15 is 0 Å². The summed E-state index contributed by atoms with van der Waals surface area (Å²) in [6, 6.07) is 2.01. The van der Waals surface area contributed by atoms with Crippen LogP contribution in [0.2, 0.25) is 0 Å². The van der Waals surface area contributed by atoms with Crippen LogP contribution < -0.4 is 10.1 Å². The third-order valence-corrected chi connectivity index (χ3v) is 2.62. The van der Waals surface area contributed by atoms with Crippen molar-refractivity contribution in [3.63, 3.8) is 0 Å². The van der Waals surface area contributed by atoms with Crippen LogP contribution in [-0.4, -0.2) is 17.6 Å². The number of rotatable bonds is 8. The number of nitrogens with zero attached hydrogens (tertiary/aromatic N) is 1. The van der Waals surface area contributed by atoms with Crippen LogP contribution in [0.1, 0.15) is 45.6 Å². The van der Waals surface area contributed by atoms with E-state index in [0.717, 1.165) is 19.3 Å². The van der Waals surface area contributed by atoms with Gasteiger partial charge in [0.2, 0.25) is 0 Å². The molecule has 0 aliphatic carbocycles. The van der Waals surface area contributed by atoms with Gasteiger partial charge in [0.05, 0.1) is 6.61 Å². The van der Waals surface area contributed by atoms with Crippen molar-refractivity contribution >= 4 is 0 Å². The van der Waals surface area contributed by atoms with Crippen molar-refractivity contribution in [2.45, 2.75) is 52.6 Å². The highest BCUT2D eigenvalue weighted by atomic mass is 19.1. The van der Waals surface area contributed by atoms with Crippen LogP contribution in [0, 0.1) is 5.82 Å². The Hall–Kier alpha value is -1.16. The Morgan fingerprint density at radius 3 is 2.83 bits per heavy atom. The zero-order valence-electron chi connectivity index (χ0n) is 11.5. The normalized spacial score (nSPS) is 10.9. The summed E-state index contributed by atoms with van der Waals surface area (Å²) in [4.78, 5) is 3.94. The summed E-state index contributed by atoms with van der Waals surface area (Å²) >= 11 is 0.